The fraction of sp³-hybridized carbons (Fsp3) is 0.368. The number of benzene rings is 2. The van der Waals surface area contributed by atoms with Crippen molar-refractivity contribution >= 4 is 0 Å². The summed E-state index contributed by atoms with van der Waals surface area (Å²) in [7, 11) is 0. The molecular weight excluding hydrogens is 258 g/mol. The number of aliphatic hydroxyl groups is 1. The Morgan fingerprint density at radius 2 is 1.76 bits per heavy atom. The molecule has 0 aromatic heterocycles. The van der Waals surface area contributed by atoms with Gasteiger partial charge in [0.15, 0.2) is 0 Å². The molecule has 2 atom stereocenters. The van der Waals surface area contributed by atoms with Crippen LogP contribution in [0.15, 0.2) is 48.5 Å². The molecule has 0 amide bonds. The van der Waals surface area contributed by atoms with Gasteiger partial charge in [-0.1, -0.05) is 61.0 Å². The number of nitrogens with one attached hydrogen (secondary N) is 1. The van der Waals surface area contributed by atoms with E-state index in [0.29, 0.717) is 0 Å². The molecule has 0 aliphatic carbocycles. The van der Waals surface area contributed by atoms with Crippen LogP contribution in [0.2, 0.25) is 0 Å². The summed E-state index contributed by atoms with van der Waals surface area (Å²) in [6, 6.07) is 17.2. The molecule has 0 fully saturated rings. The molecule has 0 aliphatic rings. The number of aryl methyl sites for hydroxylation is 2. The third kappa shape index (κ3) is 3.93. The van der Waals surface area contributed by atoms with Crippen molar-refractivity contribution in [1.82, 2.24) is 5.32 Å². The largest absolute Gasteiger partial charge is 0.395 e. The second kappa shape index (κ2) is 7.39. The molecule has 2 aromatic rings. The molecule has 0 bridgehead atoms. The third-order valence-electron chi connectivity index (χ3n) is 3.98. The van der Waals surface area contributed by atoms with Crippen LogP contribution in [0, 0.1) is 13.8 Å². The standard InChI is InChI=1S/C19H25NO/c1-4-17(13-21)20-19(16-8-6-5-7-9-16)18-11-10-14(2)12-15(18)3/h5-12,17,19-21H,4,13H2,1-3H3/t17-,19?/m0/s1. The Morgan fingerprint density at radius 1 is 1.05 bits per heavy atom. The van der Waals surface area contributed by atoms with E-state index < -0.39 is 0 Å². The Balaban J connectivity index is 2.40. The van der Waals surface area contributed by atoms with Crippen LogP contribution in [0.25, 0.3) is 0 Å². The topological polar surface area (TPSA) is 32.3 Å². The van der Waals surface area contributed by atoms with Gasteiger partial charge in [0.25, 0.3) is 0 Å². The minimum absolute atomic E-state index is 0.107. The number of rotatable bonds is 6. The van der Waals surface area contributed by atoms with Crippen LogP contribution in [0.1, 0.15) is 41.6 Å². The summed E-state index contributed by atoms with van der Waals surface area (Å²) >= 11 is 0. The zero-order chi connectivity index (χ0) is 15.2. The first-order chi connectivity index (χ1) is 10.2. The number of hydrogen-bond donors (Lipinski definition) is 2. The lowest BCUT2D eigenvalue weighted by Crippen LogP contribution is -2.36. The Morgan fingerprint density at radius 3 is 2.33 bits per heavy atom. The van der Waals surface area contributed by atoms with E-state index in [0.717, 1.165) is 6.42 Å². The van der Waals surface area contributed by atoms with Crippen molar-refractivity contribution in [2.24, 2.45) is 0 Å². The minimum Gasteiger partial charge on any atom is -0.395 e. The summed E-state index contributed by atoms with van der Waals surface area (Å²) in [5.41, 5.74) is 5.07. The molecule has 0 saturated carbocycles. The van der Waals surface area contributed by atoms with Crippen LogP contribution in [-0.4, -0.2) is 17.8 Å². The Kier molecular flexibility index (Phi) is 5.54. The van der Waals surface area contributed by atoms with Gasteiger partial charge in [-0.25, -0.2) is 0 Å². The average Bonchev–Trinajstić information content (AvgIpc) is 2.50. The Labute approximate surface area is 127 Å². The molecule has 2 N–H and O–H groups in total. The van der Waals surface area contributed by atoms with E-state index >= 15 is 0 Å². The summed E-state index contributed by atoms with van der Waals surface area (Å²) in [6.07, 6.45) is 0.907. The molecule has 0 aliphatic heterocycles. The van der Waals surface area contributed by atoms with Crippen LogP contribution < -0.4 is 5.32 Å². The maximum absolute atomic E-state index is 9.52. The molecule has 1 unspecified atom stereocenters. The Bertz CT molecular complexity index is 561. The molecule has 112 valence electrons. The lowest BCUT2D eigenvalue weighted by Gasteiger charge is -2.26. The van der Waals surface area contributed by atoms with E-state index in [4.69, 9.17) is 0 Å². The highest BCUT2D eigenvalue weighted by Gasteiger charge is 2.19. The molecule has 0 saturated heterocycles. The van der Waals surface area contributed by atoms with Crippen LogP contribution in [-0.2, 0) is 0 Å². The zero-order valence-electron chi connectivity index (χ0n) is 13.1. The highest BCUT2D eigenvalue weighted by atomic mass is 16.3. The second-order valence-electron chi connectivity index (χ2n) is 5.66. The summed E-state index contributed by atoms with van der Waals surface area (Å²) in [4.78, 5) is 0. The van der Waals surface area contributed by atoms with Crippen molar-refractivity contribution in [2.45, 2.75) is 39.3 Å². The molecule has 21 heavy (non-hydrogen) atoms. The third-order valence-corrected chi connectivity index (χ3v) is 3.98. The molecular formula is C19H25NO. The second-order valence-corrected chi connectivity index (χ2v) is 5.66. The van der Waals surface area contributed by atoms with Gasteiger partial charge in [0, 0.05) is 6.04 Å². The normalized spacial score (nSPS) is 13.9. The van der Waals surface area contributed by atoms with Crippen molar-refractivity contribution < 1.29 is 5.11 Å². The van der Waals surface area contributed by atoms with E-state index in [1.807, 2.05) is 6.07 Å². The lowest BCUT2D eigenvalue weighted by molar-refractivity contribution is 0.232. The molecule has 0 spiro atoms. The lowest BCUT2D eigenvalue weighted by atomic mass is 9.93. The molecule has 0 radical (unpaired) electrons. The maximum atomic E-state index is 9.52. The quantitative estimate of drug-likeness (QED) is 0.846. The Hall–Kier alpha value is -1.64. The van der Waals surface area contributed by atoms with E-state index in [2.05, 4.69) is 68.6 Å². The predicted octanol–water partition coefficient (Wildman–Crippen LogP) is 3.75. The van der Waals surface area contributed by atoms with Gasteiger partial charge in [0.05, 0.1) is 12.6 Å². The molecule has 2 aromatic carbocycles. The van der Waals surface area contributed by atoms with E-state index in [-0.39, 0.29) is 18.7 Å². The summed E-state index contributed by atoms with van der Waals surface area (Å²) in [5, 5.41) is 13.1. The predicted molar refractivity (Wildman–Crippen MR) is 88.5 cm³/mol. The SMILES string of the molecule is CC[C@@H](CO)NC(c1ccccc1)c1ccc(C)cc1C. The van der Waals surface area contributed by atoms with E-state index in [1.165, 1.54) is 22.3 Å². The smallest absolute Gasteiger partial charge is 0.0584 e. The first-order valence-corrected chi connectivity index (χ1v) is 7.64. The van der Waals surface area contributed by atoms with Gasteiger partial charge in [0.2, 0.25) is 0 Å². The highest BCUT2D eigenvalue weighted by molar-refractivity contribution is 5.39. The van der Waals surface area contributed by atoms with Crippen LogP contribution in [0.3, 0.4) is 0 Å². The van der Waals surface area contributed by atoms with Crippen molar-refractivity contribution in [3.05, 3.63) is 70.8 Å². The fourth-order valence-electron chi connectivity index (χ4n) is 2.70. The van der Waals surface area contributed by atoms with Gasteiger partial charge >= 0.3 is 0 Å². The zero-order valence-corrected chi connectivity index (χ0v) is 13.1. The molecule has 0 heterocycles. The summed E-state index contributed by atoms with van der Waals surface area (Å²) in [5.74, 6) is 0. The highest BCUT2D eigenvalue weighted by Crippen LogP contribution is 2.26. The van der Waals surface area contributed by atoms with Gasteiger partial charge in [0.1, 0.15) is 0 Å². The average molecular weight is 283 g/mol. The molecule has 2 heteroatoms. The van der Waals surface area contributed by atoms with E-state index in [1.54, 1.807) is 0 Å². The first kappa shape index (κ1) is 15.7. The fourth-order valence-corrected chi connectivity index (χ4v) is 2.70. The van der Waals surface area contributed by atoms with Gasteiger partial charge in [-0.2, -0.15) is 0 Å². The monoisotopic (exact) mass is 283 g/mol. The van der Waals surface area contributed by atoms with Crippen LogP contribution in [0.5, 0.6) is 0 Å². The first-order valence-electron chi connectivity index (χ1n) is 7.64. The number of hydrogen-bond acceptors (Lipinski definition) is 2. The van der Waals surface area contributed by atoms with Gasteiger partial charge in [-0.05, 0) is 37.0 Å². The van der Waals surface area contributed by atoms with Crippen molar-refractivity contribution in [2.75, 3.05) is 6.61 Å². The van der Waals surface area contributed by atoms with Gasteiger partial charge < -0.3 is 10.4 Å². The summed E-state index contributed by atoms with van der Waals surface area (Å²) < 4.78 is 0. The van der Waals surface area contributed by atoms with Crippen LogP contribution in [0.4, 0.5) is 0 Å². The van der Waals surface area contributed by atoms with Crippen LogP contribution >= 0.6 is 0 Å². The molecule has 2 nitrogen and oxygen atoms in total. The van der Waals surface area contributed by atoms with E-state index in [9.17, 15) is 5.11 Å². The van der Waals surface area contributed by atoms with Crippen molar-refractivity contribution in [3.63, 3.8) is 0 Å². The van der Waals surface area contributed by atoms with Gasteiger partial charge in [-0.15, -0.1) is 0 Å². The molecule has 2 rings (SSSR count). The summed E-state index contributed by atoms with van der Waals surface area (Å²) in [6.45, 7) is 6.52. The maximum Gasteiger partial charge on any atom is 0.0584 e. The van der Waals surface area contributed by atoms with Crippen molar-refractivity contribution in [1.29, 1.82) is 0 Å². The number of aliphatic hydroxyl groups excluding tert-OH is 1. The van der Waals surface area contributed by atoms with Crippen molar-refractivity contribution in [3.8, 4) is 0 Å². The van der Waals surface area contributed by atoms with Gasteiger partial charge in [-0.3, -0.25) is 0 Å². The minimum atomic E-state index is 0.107.